The molecule has 0 radical (unpaired) electrons. The van der Waals surface area contributed by atoms with E-state index in [9.17, 15) is 18.0 Å². The van der Waals surface area contributed by atoms with Crippen LogP contribution in [0.15, 0.2) is 12.1 Å². The molecular weight excluding hydrogens is 249 g/mol. The zero-order chi connectivity index (χ0) is 13.7. The second kappa shape index (κ2) is 3.72. The number of halogens is 3. The Morgan fingerprint density at radius 1 is 1.33 bits per heavy atom. The van der Waals surface area contributed by atoms with Gasteiger partial charge in [0.2, 0.25) is 0 Å². The molecule has 0 amide bonds. The summed E-state index contributed by atoms with van der Waals surface area (Å²) >= 11 is 0. The molecule has 18 heavy (non-hydrogen) atoms. The number of hydrogen-bond acceptors (Lipinski definition) is 2. The molecule has 96 valence electrons. The van der Waals surface area contributed by atoms with Crippen LogP contribution in [0.2, 0.25) is 0 Å². The number of fused-ring (bicyclic) bond motifs is 1. The van der Waals surface area contributed by atoms with Crippen LogP contribution in [0.25, 0.3) is 5.65 Å². The first-order chi connectivity index (χ1) is 8.23. The maximum Gasteiger partial charge on any atom is 0.431 e. The van der Waals surface area contributed by atoms with Gasteiger partial charge in [0.1, 0.15) is 11.3 Å². The fourth-order valence-electron chi connectivity index (χ4n) is 1.79. The summed E-state index contributed by atoms with van der Waals surface area (Å²) in [5.41, 5.74) is -0.721. The average Bonchev–Trinajstić information content (AvgIpc) is 2.53. The smallest absolute Gasteiger partial charge is 0.431 e. The number of carboxylic acids is 1. The summed E-state index contributed by atoms with van der Waals surface area (Å²) in [4.78, 5) is 14.9. The lowest BCUT2D eigenvalue weighted by Gasteiger charge is -2.11. The fraction of sp³-hybridized carbons (Fsp3) is 0.273. The number of aromatic nitrogens is 2. The van der Waals surface area contributed by atoms with Crippen LogP contribution in [0.4, 0.5) is 13.2 Å². The van der Waals surface area contributed by atoms with E-state index in [4.69, 9.17) is 5.11 Å². The molecule has 0 aliphatic carbocycles. The quantitative estimate of drug-likeness (QED) is 0.855. The molecule has 2 rings (SSSR count). The number of alkyl halides is 3. The van der Waals surface area contributed by atoms with E-state index in [0.29, 0.717) is 5.69 Å². The molecule has 0 unspecified atom stereocenters. The Balaban J connectivity index is 2.94. The Bertz CT molecular complexity index is 644. The number of nitrogens with zero attached hydrogens (tertiary/aromatic N) is 2. The molecule has 2 aromatic rings. The molecule has 0 atom stereocenters. The number of carboxylic acid groups (broad SMARTS) is 1. The molecule has 4 nitrogen and oxygen atoms in total. The first kappa shape index (κ1) is 12.4. The standard InChI is InChI=1S/C11H9F3N2O2/c1-5-6(2)16-8(11(12,13)14)4-3-7(10(17)18)9(16)15-5/h3-4H,1-2H3,(H,17,18). The Morgan fingerprint density at radius 2 is 1.94 bits per heavy atom. The maximum atomic E-state index is 12.8. The van der Waals surface area contributed by atoms with E-state index in [1.165, 1.54) is 13.8 Å². The van der Waals surface area contributed by atoms with Gasteiger partial charge in [-0.05, 0) is 26.0 Å². The number of pyridine rings is 1. The lowest BCUT2D eigenvalue weighted by atomic mass is 10.2. The third kappa shape index (κ3) is 1.71. The Kier molecular flexibility index (Phi) is 2.57. The Morgan fingerprint density at radius 3 is 2.44 bits per heavy atom. The fourth-order valence-corrected chi connectivity index (χ4v) is 1.79. The van der Waals surface area contributed by atoms with Gasteiger partial charge in [0, 0.05) is 5.69 Å². The van der Waals surface area contributed by atoms with Crippen molar-refractivity contribution in [2.24, 2.45) is 0 Å². The van der Waals surface area contributed by atoms with E-state index in [0.717, 1.165) is 16.5 Å². The van der Waals surface area contributed by atoms with Crippen molar-refractivity contribution in [3.05, 3.63) is 34.8 Å². The van der Waals surface area contributed by atoms with Gasteiger partial charge in [-0.15, -0.1) is 0 Å². The largest absolute Gasteiger partial charge is 0.478 e. The minimum Gasteiger partial charge on any atom is -0.478 e. The van der Waals surface area contributed by atoms with Gasteiger partial charge in [0.05, 0.1) is 5.69 Å². The van der Waals surface area contributed by atoms with E-state index in [1.54, 1.807) is 0 Å². The van der Waals surface area contributed by atoms with Gasteiger partial charge < -0.3 is 5.11 Å². The van der Waals surface area contributed by atoms with Crippen LogP contribution in [-0.2, 0) is 6.18 Å². The van der Waals surface area contributed by atoms with E-state index < -0.39 is 17.8 Å². The predicted molar refractivity (Wildman–Crippen MR) is 56.6 cm³/mol. The number of aryl methyl sites for hydroxylation is 2. The van der Waals surface area contributed by atoms with Crippen molar-refractivity contribution in [3.63, 3.8) is 0 Å². The van der Waals surface area contributed by atoms with Gasteiger partial charge in [-0.1, -0.05) is 0 Å². The molecule has 0 spiro atoms. The first-order valence-electron chi connectivity index (χ1n) is 5.02. The molecule has 7 heteroatoms. The number of imidazole rings is 1. The molecule has 0 fully saturated rings. The van der Waals surface area contributed by atoms with Crippen LogP contribution >= 0.6 is 0 Å². The Labute approximate surface area is 99.7 Å². The summed E-state index contributed by atoms with van der Waals surface area (Å²) in [6, 6.07) is 1.68. The predicted octanol–water partition coefficient (Wildman–Crippen LogP) is 2.67. The lowest BCUT2D eigenvalue weighted by Crippen LogP contribution is -2.14. The average molecular weight is 258 g/mol. The zero-order valence-electron chi connectivity index (χ0n) is 9.54. The maximum absolute atomic E-state index is 12.8. The third-order valence-electron chi connectivity index (χ3n) is 2.75. The summed E-state index contributed by atoms with van der Waals surface area (Å²) < 4.78 is 39.4. The van der Waals surface area contributed by atoms with Crippen LogP contribution < -0.4 is 0 Å². The summed E-state index contributed by atoms with van der Waals surface area (Å²) in [5, 5.41) is 8.94. The second-order valence-corrected chi connectivity index (χ2v) is 3.88. The molecular formula is C11H9F3N2O2. The van der Waals surface area contributed by atoms with Crippen LogP contribution in [0.3, 0.4) is 0 Å². The van der Waals surface area contributed by atoms with Gasteiger partial charge in [-0.2, -0.15) is 13.2 Å². The topological polar surface area (TPSA) is 54.6 Å². The number of carbonyl (C=O) groups is 1. The SMILES string of the molecule is Cc1nc2c(C(=O)O)ccc(C(F)(F)F)n2c1C. The van der Waals surface area contributed by atoms with E-state index in [2.05, 4.69) is 4.98 Å². The minimum atomic E-state index is -4.56. The highest BCUT2D eigenvalue weighted by molar-refractivity contribution is 5.94. The molecule has 0 aromatic carbocycles. The second-order valence-electron chi connectivity index (χ2n) is 3.88. The van der Waals surface area contributed by atoms with Crippen LogP contribution in [0, 0.1) is 13.8 Å². The summed E-state index contributed by atoms with van der Waals surface area (Å²) in [5.74, 6) is -1.31. The van der Waals surface area contributed by atoms with Crippen molar-refractivity contribution in [1.82, 2.24) is 9.38 Å². The summed E-state index contributed by atoms with van der Waals surface area (Å²) in [7, 11) is 0. The third-order valence-corrected chi connectivity index (χ3v) is 2.75. The van der Waals surface area contributed by atoms with E-state index in [1.807, 2.05) is 0 Å². The van der Waals surface area contributed by atoms with Crippen LogP contribution in [0.1, 0.15) is 27.4 Å². The number of hydrogen-bond donors (Lipinski definition) is 1. The van der Waals surface area contributed by atoms with Gasteiger partial charge >= 0.3 is 12.1 Å². The van der Waals surface area contributed by atoms with Crippen molar-refractivity contribution < 1.29 is 23.1 Å². The normalized spacial score (nSPS) is 12.1. The van der Waals surface area contributed by atoms with Gasteiger partial charge in [0.25, 0.3) is 0 Å². The van der Waals surface area contributed by atoms with E-state index in [-0.39, 0.29) is 16.9 Å². The van der Waals surface area contributed by atoms with Gasteiger partial charge in [0.15, 0.2) is 5.65 Å². The first-order valence-corrected chi connectivity index (χ1v) is 5.02. The van der Waals surface area contributed by atoms with Gasteiger partial charge in [-0.25, -0.2) is 9.78 Å². The number of rotatable bonds is 1. The van der Waals surface area contributed by atoms with Crippen molar-refractivity contribution in [2.75, 3.05) is 0 Å². The Hall–Kier alpha value is -2.05. The zero-order valence-corrected chi connectivity index (χ0v) is 9.54. The summed E-state index contributed by atoms with van der Waals surface area (Å²) in [6.45, 7) is 3.00. The van der Waals surface area contributed by atoms with Gasteiger partial charge in [-0.3, -0.25) is 4.40 Å². The molecule has 0 saturated carbocycles. The highest BCUT2D eigenvalue weighted by Crippen LogP contribution is 2.32. The minimum absolute atomic E-state index is 0.188. The van der Waals surface area contributed by atoms with Crippen LogP contribution in [0.5, 0.6) is 0 Å². The van der Waals surface area contributed by atoms with Crippen molar-refractivity contribution >= 4 is 11.6 Å². The number of aromatic carboxylic acids is 1. The van der Waals surface area contributed by atoms with Crippen molar-refractivity contribution in [3.8, 4) is 0 Å². The van der Waals surface area contributed by atoms with Crippen molar-refractivity contribution in [1.29, 1.82) is 0 Å². The molecule has 1 N–H and O–H groups in total. The van der Waals surface area contributed by atoms with E-state index >= 15 is 0 Å². The highest BCUT2D eigenvalue weighted by atomic mass is 19.4. The molecule has 0 bridgehead atoms. The van der Waals surface area contributed by atoms with Crippen molar-refractivity contribution in [2.45, 2.75) is 20.0 Å². The highest BCUT2D eigenvalue weighted by Gasteiger charge is 2.35. The molecule has 2 aromatic heterocycles. The molecule has 0 aliphatic rings. The monoisotopic (exact) mass is 258 g/mol. The molecule has 2 heterocycles. The summed E-state index contributed by atoms with van der Waals surface area (Å²) in [6.07, 6.45) is -4.56. The van der Waals surface area contributed by atoms with Crippen LogP contribution in [-0.4, -0.2) is 20.5 Å². The lowest BCUT2D eigenvalue weighted by molar-refractivity contribution is -0.142. The molecule has 0 aliphatic heterocycles. The molecule has 0 saturated heterocycles.